The van der Waals surface area contributed by atoms with Crippen LogP contribution in [0.5, 0.6) is 0 Å². The number of rotatable bonds is 9. The molecule has 1 amide bonds. The Morgan fingerprint density at radius 3 is 2.79 bits per heavy atom. The van der Waals surface area contributed by atoms with E-state index in [0.717, 1.165) is 61.0 Å². The third-order valence-electron chi connectivity index (χ3n) is 5.04. The van der Waals surface area contributed by atoms with Gasteiger partial charge in [-0.15, -0.1) is 11.3 Å². The molecule has 2 aromatic rings. The summed E-state index contributed by atoms with van der Waals surface area (Å²) < 4.78 is 5.01. The van der Waals surface area contributed by atoms with E-state index in [1.165, 1.54) is 5.56 Å². The first kappa shape index (κ1) is 21.2. The summed E-state index contributed by atoms with van der Waals surface area (Å²) in [5.41, 5.74) is 2.35. The van der Waals surface area contributed by atoms with E-state index in [-0.39, 0.29) is 11.8 Å². The smallest absolute Gasteiger partial charge is 0.223 e. The highest BCUT2D eigenvalue weighted by molar-refractivity contribution is 7.09. The molecule has 1 fully saturated rings. The Bertz CT molecular complexity index is 742. The van der Waals surface area contributed by atoms with Crippen molar-refractivity contribution in [2.24, 2.45) is 5.92 Å². The Balaban J connectivity index is 1.40. The summed E-state index contributed by atoms with van der Waals surface area (Å²) in [4.78, 5) is 19.4. The number of amides is 1. The average molecular weight is 422 g/mol. The predicted molar refractivity (Wildman–Crippen MR) is 114 cm³/mol. The number of aromatic nitrogens is 1. The maximum atomic E-state index is 12.2. The quantitative estimate of drug-likeness (QED) is 0.626. The molecule has 0 atom stereocenters. The van der Waals surface area contributed by atoms with E-state index in [0.29, 0.717) is 13.2 Å². The highest BCUT2D eigenvalue weighted by Crippen LogP contribution is 2.21. The van der Waals surface area contributed by atoms with Crippen molar-refractivity contribution in [2.45, 2.75) is 32.2 Å². The lowest BCUT2D eigenvalue weighted by Crippen LogP contribution is -2.40. The van der Waals surface area contributed by atoms with Crippen LogP contribution < -0.4 is 5.32 Å². The average Bonchev–Trinajstić information content (AvgIpc) is 3.14. The first-order valence-corrected chi connectivity index (χ1v) is 11.1. The normalized spacial score (nSPS) is 15.6. The molecule has 0 aliphatic carbocycles. The lowest BCUT2D eigenvalue weighted by Gasteiger charge is -2.30. The van der Waals surface area contributed by atoms with Gasteiger partial charge in [0.25, 0.3) is 0 Å². The minimum atomic E-state index is 0.134. The number of carbonyl (C=O) groups excluding carboxylic acids is 1. The number of hydrogen-bond donors (Lipinski definition) is 1. The molecule has 1 aromatic carbocycles. The zero-order chi connectivity index (χ0) is 19.8. The van der Waals surface area contributed by atoms with E-state index in [1.54, 1.807) is 18.4 Å². The minimum absolute atomic E-state index is 0.134. The van der Waals surface area contributed by atoms with Gasteiger partial charge in [0.2, 0.25) is 5.91 Å². The zero-order valence-electron chi connectivity index (χ0n) is 16.3. The Labute approximate surface area is 176 Å². The number of methoxy groups -OCH3 is 1. The maximum Gasteiger partial charge on any atom is 0.223 e. The van der Waals surface area contributed by atoms with E-state index in [4.69, 9.17) is 21.3 Å². The summed E-state index contributed by atoms with van der Waals surface area (Å²) in [7, 11) is 1.68. The second kappa shape index (κ2) is 10.9. The van der Waals surface area contributed by atoms with E-state index in [9.17, 15) is 4.79 Å². The maximum absolute atomic E-state index is 12.2. The van der Waals surface area contributed by atoms with Crippen molar-refractivity contribution in [3.63, 3.8) is 0 Å². The fraction of sp³-hybridized carbons (Fsp3) is 0.524. The summed E-state index contributed by atoms with van der Waals surface area (Å²) in [5, 5.41) is 7.07. The van der Waals surface area contributed by atoms with Crippen LogP contribution in [0, 0.1) is 5.92 Å². The van der Waals surface area contributed by atoms with E-state index in [1.807, 2.05) is 12.1 Å². The topological polar surface area (TPSA) is 54.5 Å². The molecule has 1 N–H and O–H groups in total. The third-order valence-corrected chi connectivity index (χ3v) is 6.19. The van der Waals surface area contributed by atoms with Gasteiger partial charge < -0.3 is 10.1 Å². The number of nitrogens with zero attached hydrogens (tertiary/aromatic N) is 2. The zero-order valence-corrected chi connectivity index (χ0v) is 17.9. The van der Waals surface area contributed by atoms with Gasteiger partial charge in [0, 0.05) is 49.5 Å². The second-order valence-electron chi connectivity index (χ2n) is 7.22. The molecule has 0 saturated carbocycles. The molecule has 1 aliphatic rings. The van der Waals surface area contributed by atoms with Crippen LogP contribution in [-0.4, -0.2) is 49.1 Å². The Hall–Kier alpha value is -1.47. The van der Waals surface area contributed by atoms with Crippen LogP contribution in [0.25, 0.3) is 0 Å². The third kappa shape index (κ3) is 6.55. The molecule has 1 aliphatic heterocycles. The highest BCUT2D eigenvalue weighted by Gasteiger charge is 2.25. The van der Waals surface area contributed by atoms with Crippen molar-refractivity contribution in [1.29, 1.82) is 0 Å². The molecule has 1 saturated heterocycles. The van der Waals surface area contributed by atoms with Crippen molar-refractivity contribution >= 4 is 28.8 Å². The van der Waals surface area contributed by atoms with E-state index < -0.39 is 0 Å². The van der Waals surface area contributed by atoms with Crippen molar-refractivity contribution in [2.75, 3.05) is 33.4 Å². The lowest BCUT2D eigenvalue weighted by molar-refractivity contribution is -0.126. The number of likely N-dealkylation sites (tertiary alicyclic amines) is 1. The van der Waals surface area contributed by atoms with E-state index >= 15 is 0 Å². The summed E-state index contributed by atoms with van der Waals surface area (Å²) in [6.07, 6.45) is 3.53. The molecule has 0 bridgehead atoms. The van der Waals surface area contributed by atoms with Gasteiger partial charge in [-0.25, -0.2) is 4.98 Å². The minimum Gasteiger partial charge on any atom is -0.385 e. The molecule has 7 heteroatoms. The Kier molecular flexibility index (Phi) is 8.27. The lowest BCUT2D eigenvalue weighted by atomic mass is 9.96. The number of carbonyl (C=O) groups is 1. The van der Waals surface area contributed by atoms with Crippen LogP contribution >= 0.6 is 22.9 Å². The number of piperidine rings is 1. The fourth-order valence-electron chi connectivity index (χ4n) is 3.43. The second-order valence-corrected chi connectivity index (χ2v) is 8.60. The standard InChI is InChI=1S/C21H28ClN3O2S/c1-27-12-2-9-23-21(26)17-7-10-25(11-8-17)14-19-15-28-20(24-19)13-16-3-5-18(22)6-4-16/h3-6,15,17H,2,7-14H2,1H3,(H,23,26). The van der Waals surface area contributed by atoms with Crippen LogP contribution in [-0.2, 0) is 22.5 Å². The van der Waals surface area contributed by atoms with Gasteiger partial charge >= 0.3 is 0 Å². The van der Waals surface area contributed by atoms with Crippen molar-refractivity contribution in [3.05, 3.63) is 50.9 Å². The Morgan fingerprint density at radius 2 is 2.07 bits per heavy atom. The highest BCUT2D eigenvalue weighted by atomic mass is 35.5. The molecule has 0 radical (unpaired) electrons. The van der Waals surface area contributed by atoms with Gasteiger partial charge in [-0.2, -0.15) is 0 Å². The van der Waals surface area contributed by atoms with Crippen molar-refractivity contribution < 1.29 is 9.53 Å². The predicted octanol–water partition coefficient (Wildman–Crippen LogP) is 3.75. The summed E-state index contributed by atoms with van der Waals surface area (Å²) >= 11 is 7.66. The molecule has 152 valence electrons. The number of hydrogen-bond acceptors (Lipinski definition) is 5. The van der Waals surface area contributed by atoms with E-state index in [2.05, 4.69) is 27.7 Å². The molecule has 1 aromatic heterocycles. The molecule has 5 nitrogen and oxygen atoms in total. The number of benzene rings is 1. The first-order valence-electron chi connectivity index (χ1n) is 9.81. The first-order chi connectivity index (χ1) is 13.6. The summed E-state index contributed by atoms with van der Waals surface area (Å²) in [6.45, 7) is 4.13. The van der Waals surface area contributed by atoms with Crippen LogP contribution in [0.2, 0.25) is 5.02 Å². The van der Waals surface area contributed by atoms with Gasteiger partial charge in [0.15, 0.2) is 0 Å². The Morgan fingerprint density at radius 1 is 1.32 bits per heavy atom. The molecule has 2 heterocycles. The SMILES string of the molecule is COCCCNC(=O)C1CCN(Cc2csc(Cc3ccc(Cl)cc3)n2)CC1. The summed E-state index contributed by atoms with van der Waals surface area (Å²) in [6, 6.07) is 7.94. The molecular formula is C21H28ClN3O2S. The van der Waals surface area contributed by atoms with Gasteiger partial charge in [-0.3, -0.25) is 9.69 Å². The molecular weight excluding hydrogens is 394 g/mol. The molecule has 0 unspecified atom stereocenters. The van der Waals surface area contributed by atoms with Crippen LogP contribution in [0.4, 0.5) is 0 Å². The van der Waals surface area contributed by atoms with Gasteiger partial charge in [0.1, 0.15) is 0 Å². The number of nitrogens with one attached hydrogen (secondary N) is 1. The number of thiazole rings is 1. The number of halogens is 1. The van der Waals surface area contributed by atoms with Crippen LogP contribution in [0.3, 0.4) is 0 Å². The van der Waals surface area contributed by atoms with Gasteiger partial charge in [-0.1, -0.05) is 23.7 Å². The van der Waals surface area contributed by atoms with Crippen molar-refractivity contribution in [1.82, 2.24) is 15.2 Å². The molecule has 0 spiro atoms. The fourth-order valence-corrected chi connectivity index (χ4v) is 4.38. The van der Waals surface area contributed by atoms with Crippen LogP contribution in [0.15, 0.2) is 29.6 Å². The van der Waals surface area contributed by atoms with Crippen LogP contribution in [0.1, 0.15) is 35.5 Å². The molecule has 3 rings (SSSR count). The summed E-state index contributed by atoms with van der Waals surface area (Å²) in [5.74, 6) is 0.323. The monoisotopic (exact) mass is 421 g/mol. The van der Waals surface area contributed by atoms with Gasteiger partial charge in [-0.05, 0) is 50.0 Å². The number of ether oxygens (including phenoxy) is 1. The molecule has 28 heavy (non-hydrogen) atoms. The van der Waals surface area contributed by atoms with Gasteiger partial charge in [0.05, 0.1) is 10.7 Å². The van der Waals surface area contributed by atoms with Crippen molar-refractivity contribution in [3.8, 4) is 0 Å². The largest absolute Gasteiger partial charge is 0.385 e.